The molecule has 7 heteroatoms. The van der Waals surface area contributed by atoms with E-state index in [-0.39, 0.29) is 0 Å². The van der Waals surface area contributed by atoms with Crippen molar-refractivity contribution in [1.82, 2.24) is 21.5 Å². The minimum atomic E-state index is 0.677. The van der Waals surface area contributed by atoms with Crippen molar-refractivity contribution in [3.05, 3.63) is 72.1 Å². The van der Waals surface area contributed by atoms with Crippen LogP contribution in [0.15, 0.2) is 76.1 Å². The number of hydrogen-bond acceptors (Lipinski definition) is 7. The van der Waals surface area contributed by atoms with Crippen molar-refractivity contribution in [3.63, 3.8) is 0 Å². The van der Waals surface area contributed by atoms with Gasteiger partial charge in [0.1, 0.15) is 5.82 Å². The molecule has 0 unspecified atom stereocenters. The minimum absolute atomic E-state index is 0.677. The van der Waals surface area contributed by atoms with Crippen molar-refractivity contribution in [2.75, 3.05) is 19.6 Å². The van der Waals surface area contributed by atoms with E-state index in [0.29, 0.717) is 11.8 Å². The molecule has 0 radical (unpaired) electrons. The number of rotatable bonds is 7. The number of aliphatic imine (C=N–C) groups is 1. The second-order valence-electron chi connectivity index (χ2n) is 6.89. The van der Waals surface area contributed by atoms with E-state index in [9.17, 15) is 0 Å². The van der Waals surface area contributed by atoms with Crippen molar-refractivity contribution < 1.29 is 0 Å². The molecule has 1 aliphatic rings. The van der Waals surface area contributed by atoms with Crippen LogP contribution in [0.5, 0.6) is 0 Å². The standard InChI is InChI=1S/C23H25N7/c1-3-24-16(2)29-27-14-19-8-4-6-17-13-22-18(12-21(17)19)7-5-9-20(22)15-28-30-23-25-10-11-26-23/h4-9,12-15,24,29H,2-3,10-11H2,1H3,(H2,25,26,30)/b27-14+,28-15+. The Balaban J connectivity index is 1.63. The summed E-state index contributed by atoms with van der Waals surface area (Å²) in [6, 6.07) is 16.8. The average molecular weight is 400 g/mol. The van der Waals surface area contributed by atoms with E-state index in [1.807, 2.05) is 31.5 Å². The van der Waals surface area contributed by atoms with Gasteiger partial charge in [-0.25, -0.2) is 10.4 Å². The third-order valence-corrected chi connectivity index (χ3v) is 4.79. The number of guanidine groups is 1. The molecule has 0 bridgehead atoms. The number of nitrogens with one attached hydrogen (secondary N) is 4. The highest BCUT2D eigenvalue weighted by molar-refractivity contribution is 6.10. The van der Waals surface area contributed by atoms with Crippen LogP contribution in [0.25, 0.3) is 21.5 Å². The molecule has 30 heavy (non-hydrogen) atoms. The fourth-order valence-electron chi connectivity index (χ4n) is 3.39. The largest absolute Gasteiger partial charge is 0.371 e. The summed E-state index contributed by atoms with van der Waals surface area (Å²) in [6.45, 7) is 8.32. The zero-order chi connectivity index (χ0) is 20.8. The Kier molecular flexibility index (Phi) is 5.89. The third-order valence-electron chi connectivity index (χ3n) is 4.79. The van der Waals surface area contributed by atoms with Gasteiger partial charge in [0.25, 0.3) is 0 Å². The highest BCUT2D eigenvalue weighted by Gasteiger charge is 2.06. The van der Waals surface area contributed by atoms with E-state index >= 15 is 0 Å². The van der Waals surface area contributed by atoms with Crippen molar-refractivity contribution in [2.45, 2.75) is 6.92 Å². The summed E-state index contributed by atoms with van der Waals surface area (Å²) in [5.41, 5.74) is 7.95. The highest BCUT2D eigenvalue weighted by Crippen LogP contribution is 2.26. The lowest BCUT2D eigenvalue weighted by Gasteiger charge is -2.08. The summed E-state index contributed by atoms with van der Waals surface area (Å²) in [4.78, 5) is 4.28. The van der Waals surface area contributed by atoms with Crippen LogP contribution >= 0.6 is 0 Å². The normalized spacial score (nSPS) is 13.7. The maximum Gasteiger partial charge on any atom is 0.212 e. The molecular formula is C23H25N7. The summed E-state index contributed by atoms with van der Waals surface area (Å²) in [5, 5.41) is 19.4. The fourth-order valence-corrected chi connectivity index (χ4v) is 3.39. The van der Waals surface area contributed by atoms with Gasteiger partial charge in [-0.3, -0.25) is 5.43 Å². The van der Waals surface area contributed by atoms with Crippen LogP contribution < -0.4 is 21.5 Å². The lowest BCUT2D eigenvalue weighted by molar-refractivity contribution is 0.738. The summed E-state index contributed by atoms with van der Waals surface area (Å²) >= 11 is 0. The number of fused-ring (bicyclic) bond motifs is 2. The average Bonchev–Trinajstić information content (AvgIpc) is 3.27. The summed E-state index contributed by atoms with van der Waals surface area (Å²) in [7, 11) is 0. The Hall–Kier alpha value is -3.87. The van der Waals surface area contributed by atoms with Crippen molar-refractivity contribution in [2.24, 2.45) is 15.2 Å². The van der Waals surface area contributed by atoms with Crippen LogP contribution in [-0.2, 0) is 0 Å². The molecule has 4 rings (SSSR count). The van der Waals surface area contributed by atoms with Gasteiger partial charge in [0, 0.05) is 24.2 Å². The van der Waals surface area contributed by atoms with Gasteiger partial charge >= 0.3 is 0 Å². The van der Waals surface area contributed by atoms with Gasteiger partial charge in [-0.05, 0) is 40.6 Å². The van der Waals surface area contributed by atoms with Crippen LogP contribution in [0.3, 0.4) is 0 Å². The summed E-state index contributed by atoms with van der Waals surface area (Å²) in [5.74, 6) is 1.39. The van der Waals surface area contributed by atoms with E-state index in [1.165, 1.54) is 0 Å². The van der Waals surface area contributed by atoms with Gasteiger partial charge in [-0.1, -0.05) is 43.0 Å². The second kappa shape index (κ2) is 9.09. The smallest absolute Gasteiger partial charge is 0.212 e. The molecule has 0 amide bonds. The molecule has 0 spiro atoms. The molecule has 0 saturated heterocycles. The first-order chi connectivity index (χ1) is 14.7. The lowest BCUT2D eigenvalue weighted by atomic mass is 9.97. The van der Waals surface area contributed by atoms with Gasteiger partial charge in [-0.2, -0.15) is 10.2 Å². The minimum Gasteiger partial charge on any atom is -0.371 e. The van der Waals surface area contributed by atoms with Crippen LogP contribution in [0.1, 0.15) is 18.1 Å². The van der Waals surface area contributed by atoms with Crippen LogP contribution in [-0.4, -0.2) is 38.0 Å². The number of hydrazone groups is 2. The van der Waals surface area contributed by atoms with Crippen LogP contribution in [0.4, 0.5) is 0 Å². The maximum atomic E-state index is 4.33. The number of benzene rings is 3. The maximum absolute atomic E-state index is 4.33. The first-order valence-electron chi connectivity index (χ1n) is 9.99. The predicted molar refractivity (Wildman–Crippen MR) is 126 cm³/mol. The Morgan fingerprint density at radius 1 is 1.07 bits per heavy atom. The highest BCUT2D eigenvalue weighted by atomic mass is 15.4. The summed E-state index contributed by atoms with van der Waals surface area (Å²) in [6.07, 6.45) is 3.65. The molecule has 0 atom stereocenters. The Labute approximate surface area is 175 Å². The quantitative estimate of drug-likeness (QED) is 0.280. The zero-order valence-electron chi connectivity index (χ0n) is 16.9. The molecule has 1 heterocycles. The molecule has 3 aromatic carbocycles. The van der Waals surface area contributed by atoms with E-state index in [1.54, 1.807) is 0 Å². The van der Waals surface area contributed by atoms with Gasteiger partial charge in [-0.15, -0.1) is 0 Å². The number of nitrogens with zero attached hydrogens (tertiary/aromatic N) is 3. The molecule has 4 N–H and O–H groups in total. The second-order valence-corrected chi connectivity index (χ2v) is 6.89. The number of hydrogen-bond donors (Lipinski definition) is 4. The first kappa shape index (κ1) is 19.4. The fraction of sp³-hybridized carbons (Fsp3) is 0.174. The van der Waals surface area contributed by atoms with E-state index < -0.39 is 0 Å². The van der Waals surface area contributed by atoms with Crippen molar-refractivity contribution in [3.8, 4) is 0 Å². The topological polar surface area (TPSA) is 85.2 Å². The molecule has 0 aliphatic carbocycles. The van der Waals surface area contributed by atoms with Crippen molar-refractivity contribution in [1.29, 1.82) is 0 Å². The zero-order valence-corrected chi connectivity index (χ0v) is 16.9. The molecule has 1 aliphatic heterocycles. The molecule has 152 valence electrons. The van der Waals surface area contributed by atoms with Crippen LogP contribution in [0, 0.1) is 0 Å². The van der Waals surface area contributed by atoms with E-state index in [0.717, 1.165) is 52.3 Å². The Morgan fingerprint density at radius 2 is 1.73 bits per heavy atom. The Morgan fingerprint density at radius 3 is 2.33 bits per heavy atom. The van der Waals surface area contributed by atoms with Gasteiger partial charge < -0.3 is 10.6 Å². The first-order valence-corrected chi connectivity index (χ1v) is 9.99. The summed E-state index contributed by atoms with van der Waals surface area (Å²) < 4.78 is 0. The van der Waals surface area contributed by atoms with Crippen LogP contribution in [0.2, 0.25) is 0 Å². The lowest BCUT2D eigenvalue weighted by Crippen LogP contribution is -2.30. The monoisotopic (exact) mass is 399 g/mol. The molecular weight excluding hydrogens is 374 g/mol. The molecule has 0 fully saturated rings. The van der Waals surface area contributed by atoms with Gasteiger partial charge in [0.2, 0.25) is 5.96 Å². The molecule has 7 nitrogen and oxygen atoms in total. The molecule has 3 aromatic rings. The van der Waals surface area contributed by atoms with Gasteiger partial charge in [0.15, 0.2) is 0 Å². The SMILES string of the molecule is C=C(NCC)N/N=C/c1cccc2cc3c(/C=N/NC4=NCCN4)cccc3cc12. The van der Waals surface area contributed by atoms with Crippen molar-refractivity contribution >= 4 is 39.9 Å². The predicted octanol–water partition coefficient (Wildman–Crippen LogP) is 2.88. The molecule has 0 saturated carbocycles. The Bertz CT molecular complexity index is 1160. The van der Waals surface area contributed by atoms with E-state index in [2.05, 4.69) is 79.7 Å². The molecule has 0 aromatic heterocycles. The third kappa shape index (κ3) is 4.41. The van der Waals surface area contributed by atoms with E-state index in [4.69, 9.17) is 0 Å². The van der Waals surface area contributed by atoms with Gasteiger partial charge in [0.05, 0.1) is 19.0 Å².